The molecule has 0 radical (unpaired) electrons. The fraction of sp³-hybridized carbons (Fsp3) is 0.455. The molecule has 0 saturated heterocycles. The molecule has 2 atom stereocenters. The van der Waals surface area contributed by atoms with E-state index in [1.54, 1.807) is 18.4 Å². The maximum atomic E-state index is 11.1. The summed E-state index contributed by atoms with van der Waals surface area (Å²) in [6, 6.07) is 4.84. The smallest absolute Gasteiger partial charge is 0.161 e. The van der Waals surface area contributed by atoms with Crippen LogP contribution in [0.1, 0.15) is 12.5 Å². The van der Waals surface area contributed by atoms with Crippen molar-refractivity contribution in [3.63, 3.8) is 0 Å². The Morgan fingerprint density at radius 3 is 2.75 bits per heavy atom. The largest absolute Gasteiger partial charge is 0.504 e. The fourth-order valence-electron chi connectivity index (χ4n) is 1.25. The molecule has 0 aliphatic rings. The lowest BCUT2D eigenvalue weighted by molar-refractivity contribution is 0.398. The van der Waals surface area contributed by atoms with Gasteiger partial charge in [0, 0.05) is 41.0 Å². The Bertz CT molecular complexity index is 381. The highest BCUT2D eigenvalue weighted by molar-refractivity contribution is 7.84. The highest BCUT2D eigenvalue weighted by atomic mass is 32.2. The molecule has 1 aromatic carbocycles. The molecule has 1 aromatic rings. The minimum atomic E-state index is -0.852. The van der Waals surface area contributed by atoms with Crippen molar-refractivity contribution in [2.75, 3.05) is 12.8 Å². The molecule has 4 nitrogen and oxygen atoms in total. The molecule has 0 heterocycles. The fourth-order valence-corrected chi connectivity index (χ4v) is 1.60. The number of phenolic OH excluding ortho intramolecular Hbond substituents is 2. The van der Waals surface area contributed by atoms with Crippen LogP contribution in [-0.4, -0.2) is 32.5 Å². The minimum Gasteiger partial charge on any atom is -0.504 e. The zero-order valence-corrected chi connectivity index (χ0v) is 10.3. The molecule has 0 spiro atoms. The molecule has 0 aromatic heterocycles. The zero-order chi connectivity index (χ0) is 12.1. The van der Waals surface area contributed by atoms with Gasteiger partial charge in [0.25, 0.3) is 0 Å². The number of hydrogen-bond donors (Lipinski definition) is 3. The van der Waals surface area contributed by atoms with Crippen LogP contribution in [0.4, 0.5) is 0 Å². The van der Waals surface area contributed by atoms with E-state index in [-0.39, 0.29) is 16.7 Å². The van der Waals surface area contributed by atoms with Crippen LogP contribution in [0.15, 0.2) is 18.2 Å². The average molecular weight is 243 g/mol. The Kier molecular flexibility index (Phi) is 4.76. The molecule has 90 valence electrons. The van der Waals surface area contributed by atoms with Gasteiger partial charge in [-0.1, -0.05) is 12.1 Å². The van der Waals surface area contributed by atoms with E-state index >= 15 is 0 Å². The molecule has 0 bridgehead atoms. The van der Waals surface area contributed by atoms with Crippen molar-refractivity contribution in [1.82, 2.24) is 5.32 Å². The third kappa shape index (κ3) is 3.50. The predicted molar refractivity (Wildman–Crippen MR) is 65.0 cm³/mol. The predicted octanol–water partition coefficient (Wildman–Crippen LogP) is 0.954. The van der Waals surface area contributed by atoms with Crippen molar-refractivity contribution in [3.05, 3.63) is 23.8 Å². The Hall–Kier alpha value is -1.07. The Labute approximate surface area is 97.8 Å². The molecule has 16 heavy (non-hydrogen) atoms. The van der Waals surface area contributed by atoms with Gasteiger partial charge >= 0.3 is 0 Å². The van der Waals surface area contributed by atoms with E-state index < -0.39 is 10.8 Å². The lowest BCUT2D eigenvalue weighted by Crippen LogP contribution is -2.27. The molecule has 0 saturated carbocycles. The van der Waals surface area contributed by atoms with Gasteiger partial charge in [0.15, 0.2) is 11.5 Å². The van der Waals surface area contributed by atoms with Crippen molar-refractivity contribution < 1.29 is 14.4 Å². The van der Waals surface area contributed by atoms with Gasteiger partial charge in [0.2, 0.25) is 0 Å². The van der Waals surface area contributed by atoms with E-state index in [0.29, 0.717) is 18.7 Å². The average Bonchev–Trinajstić information content (AvgIpc) is 2.24. The summed E-state index contributed by atoms with van der Waals surface area (Å²) in [6.45, 7) is 2.95. The van der Waals surface area contributed by atoms with Crippen LogP contribution in [0.2, 0.25) is 0 Å². The summed E-state index contributed by atoms with van der Waals surface area (Å²) in [6.07, 6.45) is 1.66. The van der Waals surface area contributed by atoms with Crippen molar-refractivity contribution >= 4 is 10.8 Å². The second-order valence-corrected chi connectivity index (χ2v) is 5.53. The van der Waals surface area contributed by atoms with Crippen LogP contribution in [0, 0.1) is 0 Å². The van der Waals surface area contributed by atoms with Gasteiger partial charge in [0.05, 0.1) is 0 Å². The lowest BCUT2D eigenvalue weighted by Gasteiger charge is -2.11. The molecular weight excluding hydrogens is 226 g/mol. The second kappa shape index (κ2) is 5.86. The normalized spacial score (nSPS) is 14.6. The van der Waals surface area contributed by atoms with Crippen LogP contribution in [0.3, 0.4) is 0 Å². The third-order valence-electron chi connectivity index (χ3n) is 2.41. The van der Waals surface area contributed by atoms with Crippen LogP contribution in [0.25, 0.3) is 0 Å². The van der Waals surface area contributed by atoms with Crippen molar-refractivity contribution in [2.24, 2.45) is 0 Å². The molecule has 0 aliphatic carbocycles. The Morgan fingerprint density at radius 1 is 1.44 bits per heavy atom. The topological polar surface area (TPSA) is 69.6 Å². The van der Waals surface area contributed by atoms with Crippen LogP contribution in [0.5, 0.6) is 11.5 Å². The number of hydrogen-bond acceptors (Lipinski definition) is 4. The summed E-state index contributed by atoms with van der Waals surface area (Å²) in [7, 11) is -0.852. The quantitative estimate of drug-likeness (QED) is 0.674. The summed E-state index contributed by atoms with van der Waals surface area (Å²) in [4.78, 5) is 0. The Balaban J connectivity index is 2.49. The molecule has 0 amide bonds. The minimum absolute atomic E-state index is 0.0689. The van der Waals surface area contributed by atoms with Crippen LogP contribution >= 0.6 is 0 Å². The van der Waals surface area contributed by atoms with Crippen molar-refractivity contribution in [2.45, 2.75) is 18.7 Å². The van der Waals surface area contributed by atoms with Crippen molar-refractivity contribution in [3.8, 4) is 11.5 Å². The number of phenols is 2. The number of rotatable bonds is 5. The van der Waals surface area contributed by atoms with Crippen LogP contribution in [-0.2, 0) is 17.3 Å². The number of para-hydroxylation sites is 1. The summed E-state index contributed by atoms with van der Waals surface area (Å²) in [5.74, 6) is -0.216. The first-order valence-electron chi connectivity index (χ1n) is 5.05. The number of benzene rings is 1. The third-order valence-corrected chi connectivity index (χ3v) is 3.71. The van der Waals surface area contributed by atoms with Gasteiger partial charge in [-0.25, -0.2) is 0 Å². The van der Waals surface area contributed by atoms with Gasteiger partial charge < -0.3 is 15.5 Å². The van der Waals surface area contributed by atoms with E-state index in [4.69, 9.17) is 0 Å². The summed E-state index contributed by atoms with van der Waals surface area (Å²) in [5.41, 5.74) is 0.633. The van der Waals surface area contributed by atoms with Gasteiger partial charge in [0.1, 0.15) is 0 Å². The van der Waals surface area contributed by atoms with Crippen molar-refractivity contribution in [1.29, 1.82) is 0 Å². The molecule has 0 aliphatic heterocycles. The maximum Gasteiger partial charge on any atom is 0.161 e. The highest BCUT2D eigenvalue weighted by Gasteiger charge is 2.08. The SMILES string of the molecule is CC(CNCc1cccc(O)c1O)S(C)=O. The standard InChI is InChI=1S/C11H17NO3S/c1-8(16(2)15)6-12-7-9-4-3-5-10(13)11(9)14/h3-5,8,12-14H,6-7H2,1-2H3. The first-order chi connectivity index (χ1) is 7.52. The van der Waals surface area contributed by atoms with E-state index in [2.05, 4.69) is 5.32 Å². The second-order valence-electron chi connectivity index (χ2n) is 3.72. The molecule has 3 N–H and O–H groups in total. The first-order valence-corrected chi connectivity index (χ1v) is 6.67. The number of nitrogens with one attached hydrogen (secondary N) is 1. The monoisotopic (exact) mass is 243 g/mol. The number of aromatic hydroxyl groups is 2. The van der Waals surface area contributed by atoms with E-state index in [1.165, 1.54) is 6.07 Å². The van der Waals surface area contributed by atoms with Crippen LogP contribution < -0.4 is 5.32 Å². The summed E-state index contributed by atoms with van der Waals surface area (Å²) < 4.78 is 11.1. The van der Waals surface area contributed by atoms with E-state index in [0.717, 1.165) is 0 Å². The Morgan fingerprint density at radius 2 is 2.12 bits per heavy atom. The summed E-state index contributed by atoms with van der Waals surface area (Å²) >= 11 is 0. The molecule has 0 fully saturated rings. The van der Waals surface area contributed by atoms with Gasteiger partial charge in [-0.2, -0.15) is 0 Å². The van der Waals surface area contributed by atoms with E-state index in [9.17, 15) is 14.4 Å². The maximum absolute atomic E-state index is 11.1. The first kappa shape index (κ1) is 13.0. The molecule has 5 heteroatoms. The van der Waals surface area contributed by atoms with Gasteiger partial charge in [-0.05, 0) is 13.0 Å². The lowest BCUT2D eigenvalue weighted by atomic mass is 10.2. The van der Waals surface area contributed by atoms with Gasteiger partial charge in [-0.15, -0.1) is 0 Å². The summed E-state index contributed by atoms with van der Waals surface area (Å²) in [5, 5.41) is 21.9. The van der Waals surface area contributed by atoms with E-state index in [1.807, 2.05) is 6.92 Å². The molecular formula is C11H17NO3S. The zero-order valence-electron chi connectivity index (χ0n) is 9.43. The highest BCUT2D eigenvalue weighted by Crippen LogP contribution is 2.27. The molecule has 1 rings (SSSR count). The van der Waals surface area contributed by atoms with Gasteiger partial charge in [-0.3, -0.25) is 4.21 Å². The molecule has 2 unspecified atom stereocenters.